The first-order valence-corrected chi connectivity index (χ1v) is 11.9. The highest BCUT2D eigenvalue weighted by molar-refractivity contribution is 5.93. The molecule has 0 saturated carbocycles. The number of nitrogens with one attached hydrogen (secondary N) is 1. The van der Waals surface area contributed by atoms with Crippen LogP contribution in [0.1, 0.15) is 36.6 Å². The van der Waals surface area contributed by atoms with E-state index in [0.29, 0.717) is 11.5 Å². The van der Waals surface area contributed by atoms with E-state index in [-0.39, 0.29) is 24.5 Å². The number of alkyl halides is 5. The average Bonchev–Trinajstić information content (AvgIpc) is 2.89. The number of carbonyl (C=O) groups excluding carboxylic acids is 1. The first kappa shape index (κ1) is 28.3. The number of rotatable bonds is 7. The van der Waals surface area contributed by atoms with Crippen molar-refractivity contribution in [2.75, 3.05) is 18.4 Å². The number of benzene rings is 1. The lowest BCUT2D eigenvalue weighted by Crippen LogP contribution is -2.52. The van der Waals surface area contributed by atoms with Gasteiger partial charge < -0.3 is 15.2 Å². The van der Waals surface area contributed by atoms with Crippen LogP contribution in [0.25, 0.3) is 0 Å². The smallest absolute Gasteiger partial charge is 0.420 e. The van der Waals surface area contributed by atoms with Crippen LogP contribution >= 0.6 is 0 Å². The minimum atomic E-state index is -5.00. The van der Waals surface area contributed by atoms with Crippen LogP contribution < -0.4 is 10.1 Å². The standard InChI is InChI=1S/C26H24F6N4O3/c1-15(24(38)35-22-7-6-19(13-34-22)39-18-4-2-17(27)3-5-18)36-11-9-25(28,29)20(14-36)16-8-10-33-21(12-16)23(37)26(30,31)32/h2-8,10,12-13,15,20,23,37H,9,11,14H2,1H3,(H,34,35,38). The van der Waals surface area contributed by atoms with Crippen LogP contribution in [0.4, 0.5) is 32.2 Å². The summed E-state index contributed by atoms with van der Waals surface area (Å²) < 4.78 is 87.0. The topological polar surface area (TPSA) is 87.6 Å². The third-order valence-corrected chi connectivity index (χ3v) is 6.42. The lowest BCUT2D eigenvalue weighted by molar-refractivity contribution is -0.208. The predicted molar refractivity (Wildman–Crippen MR) is 128 cm³/mol. The summed E-state index contributed by atoms with van der Waals surface area (Å²) in [4.78, 5) is 22.0. The molecular weight excluding hydrogens is 530 g/mol. The maximum absolute atomic E-state index is 14.8. The molecule has 4 rings (SSSR count). The normalized spacial score (nSPS) is 19.2. The Morgan fingerprint density at radius 1 is 1.13 bits per heavy atom. The highest BCUT2D eigenvalue weighted by atomic mass is 19.4. The van der Waals surface area contributed by atoms with Gasteiger partial charge in [0.05, 0.1) is 23.9 Å². The van der Waals surface area contributed by atoms with Crippen molar-refractivity contribution in [3.8, 4) is 11.5 Å². The number of hydrogen-bond donors (Lipinski definition) is 2. The zero-order valence-electron chi connectivity index (χ0n) is 20.5. The Balaban J connectivity index is 1.42. The van der Waals surface area contributed by atoms with Crippen LogP contribution in [-0.2, 0) is 4.79 Å². The van der Waals surface area contributed by atoms with Crippen molar-refractivity contribution < 1.29 is 41.0 Å². The lowest BCUT2D eigenvalue weighted by atomic mass is 9.86. The zero-order chi connectivity index (χ0) is 28.4. The van der Waals surface area contributed by atoms with E-state index >= 15 is 0 Å². The van der Waals surface area contributed by atoms with E-state index < -0.39 is 54.0 Å². The third kappa shape index (κ3) is 6.84. The Labute approximate surface area is 219 Å². The maximum Gasteiger partial charge on any atom is 0.420 e. The monoisotopic (exact) mass is 554 g/mol. The van der Waals surface area contributed by atoms with Crippen molar-refractivity contribution in [2.45, 2.75) is 43.5 Å². The molecule has 3 heterocycles. The second kappa shape index (κ2) is 11.2. The molecule has 39 heavy (non-hydrogen) atoms. The van der Waals surface area contributed by atoms with Gasteiger partial charge in [-0.3, -0.25) is 14.7 Å². The number of nitrogens with zero attached hydrogens (tertiary/aromatic N) is 3. The van der Waals surface area contributed by atoms with Gasteiger partial charge in [0.2, 0.25) is 5.91 Å². The first-order chi connectivity index (χ1) is 18.3. The zero-order valence-corrected chi connectivity index (χ0v) is 20.5. The summed E-state index contributed by atoms with van der Waals surface area (Å²) in [7, 11) is 0. The summed E-state index contributed by atoms with van der Waals surface area (Å²) in [6.45, 7) is 1.08. The fourth-order valence-corrected chi connectivity index (χ4v) is 4.18. The Kier molecular flexibility index (Phi) is 8.12. The van der Waals surface area contributed by atoms with Gasteiger partial charge in [0.15, 0.2) is 6.10 Å². The maximum atomic E-state index is 14.8. The molecule has 0 bridgehead atoms. The molecule has 3 aromatic rings. The quantitative estimate of drug-likeness (QED) is 0.378. The van der Waals surface area contributed by atoms with Crippen molar-refractivity contribution in [3.05, 3.63) is 78.0 Å². The Morgan fingerprint density at radius 2 is 1.82 bits per heavy atom. The van der Waals surface area contributed by atoms with E-state index in [2.05, 4.69) is 15.3 Å². The molecule has 1 fully saturated rings. The van der Waals surface area contributed by atoms with Crippen molar-refractivity contribution in [3.63, 3.8) is 0 Å². The molecule has 0 aliphatic carbocycles. The highest BCUT2D eigenvalue weighted by Gasteiger charge is 2.47. The summed E-state index contributed by atoms with van der Waals surface area (Å²) in [6.07, 6.45) is -6.24. The molecule has 2 aromatic heterocycles. The van der Waals surface area contributed by atoms with Crippen molar-refractivity contribution in [1.29, 1.82) is 0 Å². The molecule has 13 heteroatoms. The SMILES string of the molecule is CC(C(=O)Nc1ccc(Oc2ccc(F)cc2)cn1)N1CCC(F)(F)C(c2ccnc(C(O)C(F)(F)F)c2)C1. The summed E-state index contributed by atoms with van der Waals surface area (Å²) in [6, 6.07) is 9.48. The number of carbonyl (C=O) groups is 1. The van der Waals surface area contributed by atoms with Gasteiger partial charge in [0.25, 0.3) is 5.92 Å². The van der Waals surface area contributed by atoms with E-state index in [1.54, 1.807) is 0 Å². The van der Waals surface area contributed by atoms with Gasteiger partial charge >= 0.3 is 6.18 Å². The Bertz CT molecular complexity index is 1290. The number of likely N-dealkylation sites (tertiary alicyclic amines) is 1. The molecule has 0 spiro atoms. The number of anilines is 1. The van der Waals surface area contributed by atoms with E-state index in [9.17, 15) is 36.2 Å². The number of amides is 1. The van der Waals surface area contributed by atoms with Crippen LogP contribution in [-0.4, -0.2) is 57.1 Å². The fraction of sp³-hybridized carbons (Fsp3) is 0.346. The number of pyridine rings is 2. The Morgan fingerprint density at radius 3 is 2.46 bits per heavy atom. The van der Waals surface area contributed by atoms with Crippen molar-refractivity contribution in [2.24, 2.45) is 0 Å². The van der Waals surface area contributed by atoms with Gasteiger partial charge in [-0.2, -0.15) is 13.2 Å². The number of piperidine rings is 1. The number of hydrogen-bond acceptors (Lipinski definition) is 6. The van der Waals surface area contributed by atoms with Gasteiger partial charge in [-0.1, -0.05) is 0 Å². The van der Waals surface area contributed by atoms with Crippen LogP contribution in [0.3, 0.4) is 0 Å². The molecule has 1 aliphatic rings. The third-order valence-electron chi connectivity index (χ3n) is 6.42. The van der Waals surface area contributed by atoms with Gasteiger partial charge in [-0.25, -0.2) is 18.2 Å². The second-order valence-corrected chi connectivity index (χ2v) is 9.12. The van der Waals surface area contributed by atoms with Crippen LogP contribution in [0.5, 0.6) is 11.5 Å². The van der Waals surface area contributed by atoms with Crippen molar-refractivity contribution >= 4 is 11.7 Å². The van der Waals surface area contributed by atoms with Crippen molar-refractivity contribution in [1.82, 2.24) is 14.9 Å². The molecule has 2 N–H and O–H groups in total. The molecule has 1 amide bonds. The second-order valence-electron chi connectivity index (χ2n) is 9.12. The fourth-order valence-electron chi connectivity index (χ4n) is 4.18. The highest BCUT2D eigenvalue weighted by Crippen LogP contribution is 2.42. The molecule has 0 radical (unpaired) electrons. The molecule has 7 nitrogen and oxygen atoms in total. The number of aliphatic hydroxyl groups is 1. The van der Waals surface area contributed by atoms with Crippen LogP contribution in [0, 0.1) is 5.82 Å². The summed E-state index contributed by atoms with van der Waals surface area (Å²) in [5.41, 5.74) is -0.902. The van der Waals surface area contributed by atoms with Crippen LogP contribution in [0.2, 0.25) is 0 Å². The van der Waals surface area contributed by atoms with Gasteiger partial charge in [-0.15, -0.1) is 0 Å². The Hall–Kier alpha value is -3.71. The molecule has 1 aromatic carbocycles. The summed E-state index contributed by atoms with van der Waals surface area (Å²) in [5.74, 6) is -4.82. The first-order valence-electron chi connectivity index (χ1n) is 11.9. The average molecular weight is 554 g/mol. The van der Waals surface area contributed by atoms with Gasteiger partial charge in [0.1, 0.15) is 23.1 Å². The van der Waals surface area contributed by atoms with Crippen LogP contribution in [0.15, 0.2) is 60.9 Å². The number of aliphatic hydroxyl groups excluding tert-OH is 1. The van der Waals surface area contributed by atoms with E-state index in [1.807, 2.05) is 0 Å². The molecule has 3 unspecified atom stereocenters. The largest absolute Gasteiger partial charge is 0.456 e. The molecule has 1 aliphatic heterocycles. The molecule has 3 atom stereocenters. The van der Waals surface area contributed by atoms with E-state index in [0.717, 1.165) is 12.3 Å². The van der Waals surface area contributed by atoms with Gasteiger partial charge in [0, 0.05) is 25.7 Å². The molecule has 208 valence electrons. The molecular formula is C26H24F6N4O3. The van der Waals surface area contributed by atoms with E-state index in [4.69, 9.17) is 4.74 Å². The minimum absolute atomic E-state index is 0.121. The van der Waals surface area contributed by atoms with E-state index in [1.165, 1.54) is 60.5 Å². The molecule has 1 saturated heterocycles. The predicted octanol–water partition coefficient (Wildman–Crippen LogP) is 5.46. The summed E-state index contributed by atoms with van der Waals surface area (Å²) in [5, 5.41) is 12.1. The summed E-state index contributed by atoms with van der Waals surface area (Å²) >= 11 is 0. The number of aromatic nitrogens is 2. The number of halogens is 6. The lowest BCUT2D eigenvalue weighted by Gasteiger charge is -2.40. The minimum Gasteiger partial charge on any atom is -0.456 e. The number of ether oxygens (including phenoxy) is 1. The van der Waals surface area contributed by atoms with Gasteiger partial charge in [-0.05, 0) is 61.0 Å².